The molecular weight excluding hydrogens is 364 g/mol. The maximum atomic E-state index is 2.49. The lowest BCUT2D eigenvalue weighted by Crippen LogP contribution is -2.38. The summed E-state index contributed by atoms with van der Waals surface area (Å²) in [5.74, 6) is 0. The lowest BCUT2D eigenvalue weighted by molar-refractivity contribution is 0.752. The predicted octanol–water partition coefficient (Wildman–Crippen LogP) is 7.84. The van der Waals surface area contributed by atoms with Crippen LogP contribution in [-0.4, -0.2) is 6.17 Å². The fourth-order valence-corrected chi connectivity index (χ4v) is 4.52. The first-order valence-corrected chi connectivity index (χ1v) is 11.2. The van der Waals surface area contributed by atoms with Gasteiger partial charge in [-0.05, 0) is 37.1 Å². The summed E-state index contributed by atoms with van der Waals surface area (Å²) in [6.07, 6.45) is 6.62. The van der Waals surface area contributed by atoms with Gasteiger partial charge in [0, 0.05) is 23.0 Å². The van der Waals surface area contributed by atoms with Crippen molar-refractivity contribution in [3.63, 3.8) is 0 Å². The zero-order valence-corrected chi connectivity index (χ0v) is 18.6. The summed E-state index contributed by atoms with van der Waals surface area (Å²) in [7, 11) is 0. The second-order valence-corrected chi connectivity index (χ2v) is 8.13. The number of hydrogen-bond acceptors (Lipinski definition) is 2. The van der Waals surface area contributed by atoms with Gasteiger partial charge in [0.1, 0.15) is 6.17 Å². The number of unbranched alkanes of at least 4 members (excludes halogenated alkanes) is 2. The Kier molecular flexibility index (Phi) is 5.94. The Morgan fingerprint density at radius 2 is 1.37 bits per heavy atom. The molecule has 0 N–H and O–H groups in total. The fourth-order valence-electron chi connectivity index (χ4n) is 4.52. The fraction of sp³-hybridized carbons (Fsp3) is 0.286. The molecule has 1 unspecified atom stereocenters. The van der Waals surface area contributed by atoms with Crippen LogP contribution in [0, 0.1) is 6.92 Å². The second-order valence-electron chi connectivity index (χ2n) is 8.13. The molecule has 3 aromatic carbocycles. The van der Waals surface area contributed by atoms with Crippen LogP contribution >= 0.6 is 0 Å². The molecule has 2 nitrogen and oxygen atoms in total. The number of para-hydroxylation sites is 2. The zero-order chi connectivity index (χ0) is 21.1. The van der Waals surface area contributed by atoms with E-state index in [9.17, 15) is 0 Å². The zero-order valence-electron chi connectivity index (χ0n) is 18.6. The van der Waals surface area contributed by atoms with Crippen molar-refractivity contribution in [2.75, 3.05) is 9.80 Å². The molecule has 2 aliphatic rings. The van der Waals surface area contributed by atoms with Crippen LogP contribution in [0.1, 0.15) is 51.2 Å². The Morgan fingerprint density at radius 3 is 2.03 bits per heavy atom. The summed E-state index contributed by atoms with van der Waals surface area (Å²) in [5, 5.41) is 0. The van der Waals surface area contributed by atoms with Crippen molar-refractivity contribution in [3.8, 4) is 11.1 Å². The van der Waals surface area contributed by atoms with Crippen molar-refractivity contribution in [1.29, 1.82) is 0 Å². The quantitative estimate of drug-likeness (QED) is 0.445. The van der Waals surface area contributed by atoms with Crippen LogP contribution in [0.3, 0.4) is 0 Å². The Bertz CT molecular complexity index is 1030. The Morgan fingerprint density at radius 1 is 0.733 bits per heavy atom. The number of aryl methyl sites for hydroxylation is 1. The molecule has 0 amide bonds. The van der Waals surface area contributed by atoms with Gasteiger partial charge in [-0.3, -0.25) is 0 Å². The van der Waals surface area contributed by atoms with Gasteiger partial charge < -0.3 is 9.80 Å². The van der Waals surface area contributed by atoms with Gasteiger partial charge in [-0.1, -0.05) is 93.8 Å². The van der Waals surface area contributed by atoms with Crippen LogP contribution in [0.2, 0.25) is 0 Å². The molecule has 0 fully saturated rings. The summed E-state index contributed by atoms with van der Waals surface area (Å²) in [6, 6.07) is 26.0. The van der Waals surface area contributed by atoms with Crippen molar-refractivity contribution in [3.05, 3.63) is 90.1 Å². The Hall–Kier alpha value is -3.00. The molecule has 30 heavy (non-hydrogen) atoms. The summed E-state index contributed by atoms with van der Waals surface area (Å²) in [5.41, 5.74) is 9.13. The van der Waals surface area contributed by atoms with Crippen LogP contribution in [0.4, 0.5) is 11.4 Å². The van der Waals surface area contributed by atoms with E-state index in [1.54, 1.807) is 0 Å². The van der Waals surface area contributed by atoms with E-state index in [4.69, 9.17) is 0 Å². The number of nitrogens with zero attached hydrogens (tertiary/aromatic N) is 2. The molecule has 0 saturated heterocycles. The van der Waals surface area contributed by atoms with Crippen LogP contribution in [0.15, 0.2) is 79.0 Å². The lowest BCUT2D eigenvalue weighted by atomic mass is 9.90. The van der Waals surface area contributed by atoms with Gasteiger partial charge in [0.2, 0.25) is 0 Å². The molecule has 2 heteroatoms. The number of fused-ring (bicyclic) bond motifs is 6. The van der Waals surface area contributed by atoms with Crippen molar-refractivity contribution in [2.45, 2.75) is 53.1 Å². The van der Waals surface area contributed by atoms with Gasteiger partial charge in [0.15, 0.2) is 0 Å². The summed E-state index contributed by atoms with van der Waals surface area (Å²) in [6.45, 7) is 8.91. The first-order valence-electron chi connectivity index (χ1n) is 11.2. The van der Waals surface area contributed by atoms with Gasteiger partial charge in [-0.25, -0.2) is 0 Å². The van der Waals surface area contributed by atoms with E-state index in [0.29, 0.717) is 0 Å². The molecule has 0 aliphatic carbocycles. The van der Waals surface area contributed by atoms with E-state index in [1.165, 1.54) is 58.6 Å². The van der Waals surface area contributed by atoms with Crippen molar-refractivity contribution in [2.24, 2.45) is 0 Å². The molecule has 0 radical (unpaired) electrons. The molecule has 154 valence electrons. The first kappa shape index (κ1) is 20.3. The highest BCUT2D eigenvalue weighted by Gasteiger charge is 2.37. The highest BCUT2D eigenvalue weighted by molar-refractivity contribution is 6.02. The molecule has 0 saturated carbocycles. The smallest absolute Gasteiger partial charge is 0.108 e. The van der Waals surface area contributed by atoms with E-state index in [2.05, 4.69) is 116 Å². The Balaban J connectivity index is 0.000000393. The van der Waals surface area contributed by atoms with Gasteiger partial charge in [0.25, 0.3) is 0 Å². The van der Waals surface area contributed by atoms with Crippen LogP contribution in [-0.2, 0) is 0 Å². The third kappa shape index (κ3) is 3.52. The molecule has 3 aromatic rings. The highest BCUT2D eigenvalue weighted by Crippen LogP contribution is 2.49. The average Bonchev–Trinajstić information content (AvgIpc) is 3.13. The van der Waals surface area contributed by atoms with Crippen molar-refractivity contribution in [1.82, 2.24) is 0 Å². The molecule has 2 aliphatic heterocycles. The maximum absolute atomic E-state index is 2.49. The Labute approximate surface area is 181 Å². The third-order valence-electron chi connectivity index (χ3n) is 6.03. The van der Waals surface area contributed by atoms with Crippen LogP contribution < -0.4 is 9.80 Å². The average molecular weight is 397 g/mol. The van der Waals surface area contributed by atoms with Gasteiger partial charge in [-0.2, -0.15) is 0 Å². The van der Waals surface area contributed by atoms with Gasteiger partial charge >= 0.3 is 0 Å². The summed E-state index contributed by atoms with van der Waals surface area (Å²) < 4.78 is 0. The molecule has 0 spiro atoms. The first-order chi connectivity index (χ1) is 14.7. The monoisotopic (exact) mass is 396 g/mol. The van der Waals surface area contributed by atoms with E-state index in [1.807, 2.05) is 0 Å². The highest BCUT2D eigenvalue weighted by atomic mass is 15.4. The number of rotatable bonds is 3. The minimum atomic E-state index is 0.241. The molecule has 2 heterocycles. The summed E-state index contributed by atoms with van der Waals surface area (Å²) in [4.78, 5) is 4.85. The van der Waals surface area contributed by atoms with Crippen molar-refractivity contribution >= 4 is 17.1 Å². The van der Waals surface area contributed by atoms with Gasteiger partial charge in [0.05, 0.1) is 11.4 Å². The van der Waals surface area contributed by atoms with Crippen LogP contribution in [0.25, 0.3) is 16.8 Å². The number of hydrogen-bond donors (Lipinski definition) is 0. The maximum Gasteiger partial charge on any atom is 0.108 e. The third-order valence-corrected chi connectivity index (χ3v) is 6.03. The van der Waals surface area contributed by atoms with Crippen LogP contribution in [0.5, 0.6) is 0 Å². The van der Waals surface area contributed by atoms with E-state index < -0.39 is 0 Å². The number of benzene rings is 3. The topological polar surface area (TPSA) is 6.48 Å². The normalized spacial score (nSPS) is 16.1. The molecular formula is C28H32N2. The largest absolute Gasteiger partial charge is 0.325 e. The molecule has 5 rings (SSSR count). The van der Waals surface area contributed by atoms with E-state index in [-0.39, 0.29) is 6.17 Å². The minimum absolute atomic E-state index is 0.241. The van der Waals surface area contributed by atoms with E-state index >= 15 is 0 Å². The molecule has 0 bridgehead atoms. The molecule has 1 atom stereocenters. The second kappa shape index (κ2) is 8.79. The minimum Gasteiger partial charge on any atom is -0.325 e. The SMILES string of the molecule is CCCCC.Cc1cccc2c1N1C(=CN(c3ccccc3)C1C)c1ccccc1-2. The standard InChI is InChI=1S/C23H20N2.C5H12/c1-16-9-8-14-21-19-12-6-7-13-20(19)22-15-24(17(2)25(22)23(16)21)18-10-4-3-5-11-18;1-3-5-4-2/h3-15,17H,1-2H3;3-5H2,1-2H3. The number of anilines is 2. The lowest BCUT2D eigenvalue weighted by Gasteiger charge is -2.37. The summed E-state index contributed by atoms with van der Waals surface area (Å²) >= 11 is 0. The van der Waals surface area contributed by atoms with Crippen molar-refractivity contribution < 1.29 is 0 Å². The molecule has 0 aromatic heterocycles. The predicted molar refractivity (Wildman–Crippen MR) is 131 cm³/mol. The van der Waals surface area contributed by atoms with E-state index in [0.717, 1.165) is 0 Å². The van der Waals surface area contributed by atoms with Gasteiger partial charge in [-0.15, -0.1) is 0 Å².